The van der Waals surface area contributed by atoms with Crippen LogP contribution in [0.5, 0.6) is 0 Å². The monoisotopic (exact) mass is 313 g/mol. The zero-order chi connectivity index (χ0) is 16.2. The minimum Gasteiger partial charge on any atom is -0.467 e. The average molecular weight is 313 g/mol. The van der Waals surface area contributed by atoms with Crippen molar-refractivity contribution in [3.8, 4) is 0 Å². The summed E-state index contributed by atoms with van der Waals surface area (Å²) in [7, 11) is 0. The van der Waals surface area contributed by atoms with Gasteiger partial charge in [0, 0.05) is 25.7 Å². The highest BCUT2D eigenvalue weighted by Gasteiger charge is 2.21. The Bertz CT molecular complexity index is 680. The summed E-state index contributed by atoms with van der Waals surface area (Å²) in [5.74, 6) is 0.508. The van der Waals surface area contributed by atoms with Crippen molar-refractivity contribution < 1.29 is 9.21 Å². The van der Waals surface area contributed by atoms with Crippen LogP contribution in [0.25, 0.3) is 0 Å². The van der Waals surface area contributed by atoms with Gasteiger partial charge in [-0.05, 0) is 30.5 Å². The van der Waals surface area contributed by atoms with E-state index in [0.29, 0.717) is 24.4 Å². The summed E-state index contributed by atoms with van der Waals surface area (Å²) in [5, 5.41) is 2.98. The molecule has 5 heteroatoms. The third-order valence-corrected chi connectivity index (χ3v) is 4.46. The Morgan fingerprint density at radius 3 is 2.91 bits per heavy atom. The molecule has 0 saturated carbocycles. The summed E-state index contributed by atoms with van der Waals surface area (Å²) in [6.07, 6.45) is 2.52. The predicted molar refractivity (Wildman–Crippen MR) is 89.0 cm³/mol. The Labute approximate surface area is 136 Å². The number of nitrogens with one attached hydrogen (secondary N) is 1. The lowest BCUT2D eigenvalue weighted by Gasteiger charge is -2.33. The van der Waals surface area contributed by atoms with Crippen LogP contribution in [0.15, 0.2) is 41.0 Å². The third kappa shape index (κ3) is 3.63. The van der Waals surface area contributed by atoms with Crippen molar-refractivity contribution in [2.45, 2.75) is 32.5 Å². The summed E-state index contributed by atoms with van der Waals surface area (Å²) in [5.41, 5.74) is 8.85. The molecule has 1 amide bonds. The van der Waals surface area contributed by atoms with Gasteiger partial charge in [-0.2, -0.15) is 0 Å². The predicted octanol–water partition coefficient (Wildman–Crippen LogP) is 1.91. The van der Waals surface area contributed by atoms with Gasteiger partial charge in [-0.3, -0.25) is 9.69 Å². The van der Waals surface area contributed by atoms with Crippen molar-refractivity contribution in [2.75, 3.05) is 13.1 Å². The van der Waals surface area contributed by atoms with E-state index in [1.54, 1.807) is 6.07 Å². The lowest BCUT2D eigenvalue weighted by molar-refractivity contribution is 0.0932. The molecule has 1 aromatic carbocycles. The SMILES string of the molecule is CC(CNC(=O)c1coc(CN)c1)N1CCc2ccccc2C1. The number of carbonyl (C=O) groups excluding carboxylic acids is 1. The van der Waals surface area contributed by atoms with Crippen LogP contribution < -0.4 is 11.1 Å². The van der Waals surface area contributed by atoms with Gasteiger partial charge in [0.05, 0.1) is 12.1 Å². The molecule has 122 valence electrons. The Kier molecular flexibility index (Phi) is 4.79. The highest BCUT2D eigenvalue weighted by molar-refractivity contribution is 5.93. The van der Waals surface area contributed by atoms with Gasteiger partial charge in [-0.1, -0.05) is 24.3 Å². The van der Waals surface area contributed by atoms with Crippen molar-refractivity contribution >= 4 is 5.91 Å². The highest BCUT2D eigenvalue weighted by Crippen LogP contribution is 2.20. The lowest BCUT2D eigenvalue weighted by Crippen LogP contribution is -2.44. The van der Waals surface area contributed by atoms with Crippen LogP contribution in [-0.4, -0.2) is 29.9 Å². The van der Waals surface area contributed by atoms with Crippen LogP contribution in [0.1, 0.15) is 34.2 Å². The summed E-state index contributed by atoms with van der Waals surface area (Å²) in [4.78, 5) is 14.5. The van der Waals surface area contributed by atoms with Crippen molar-refractivity contribution in [3.63, 3.8) is 0 Å². The molecule has 23 heavy (non-hydrogen) atoms. The number of amides is 1. The molecular formula is C18H23N3O2. The van der Waals surface area contributed by atoms with E-state index in [1.165, 1.54) is 17.4 Å². The van der Waals surface area contributed by atoms with Crippen molar-refractivity contribution in [1.82, 2.24) is 10.2 Å². The molecule has 0 spiro atoms. The molecule has 1 aliphatic heterocycles. The number of benzene rings is 1. The summed E-state index contributed by atoms with van der Waals surface area (Å²) in [6.45, 7) is 5.03. The minimum atomic E-state index is -0.113. The molecule has 3 rings (SSSR count). The number of nitrogens with zero attached hydrogens (tertiary/aromatic N) is 1. The number of furan rings is 1. The zero-order valence-corrected chi connectivity index (χ0v) is 13.4. The molecule has 1 aliphatic rings. The van der Waals surface area contributed by atoms with Crippen LogP contribution in [0.4, 0.5) is 0 Å². The molecule has 0 saturated heterocycles. The van der Waals surface area contributed by atoms with Gasteiger partial charge in [-0.15, -0.1) is 0 Å². The van der Waals surface area contributed by atoms with Gasteiger partial charge in [0.25, 0.3) is 5.91 Å². The fraction of sp³-hybridized carbons (Fsp3) is 0.389. The molecule has 3 N–H and O–H groups in total. The fourth-order valence-electron chi connectivity index (χ4n) is 2.97. The van der Waals surface area contributed by atoms with Crippen LogP contribution >= 0.6 is 0 Å². The van der Waals surface area contributed by atoms with Gasteiger partial charge < -0.3 is 15.5 Å². The first-order valence-corrected chi connectivity index (χ1v) is 8.04. The van der Waals surface area contributed by atoms with E-state index in [-0.39, 0.29) is 11.9 Å². The zero-order valence-electron chi connectivity index (χ0n) is 13.4. The van der Waals surface area contributed by atoms with Crippen LogP contribution in [0.2, 0.25) is 0 Å². The Hall–Kier alpha value is -2.11. The Morgan fingerprint density at radius 1 is 1.39 bits per heavy atom. The molecule has 1 aromatic heterocycles. The molecule has 5 nitrogen and oxygen atoms in total. The van der Waals surface area contributed by atoms with E-state index < -0.39 is 0 Å². The molecular weight excluding hydrogens is 290 g/mol. The van der Waals surface area contributed by atoms with Gasteiger partial charge >= 0.3 is 0 Å². The number of fused-ring (bicyclic) bond motifs is 1. The first kappa shape index (κ1) is 15.8. The van der Waals surface area contributed by atoms with Gasteiger partial charge in [0.2, 0.25) is 0 Å². The smallest absolute Gasteiger partial charge is 0.254 e. The summed E-state index contributed by atoms with van der Waals surface area (Å²) < 4.78 is 5.20. The van der Waals surface area contributed by atoms with Gasteiger partial charge in [0.15, 0.2) is 0 Å². The second-order valence-electron chi connectivity index (χ2n) is 6.05. The standard InChI is InChI=1S/C18H23N3O2/c1-13(10-20-18(22)16-8-17(9-19)23-12-16)21-7-6-14-4-2-3-5-15(14)11-21/h2-5,8,12-13H,6-7,9-11,19H2,1H3,(H,20,22). The minimum absolute atomic E-state index is 0.113. The van der Waals surface area contributed by atoms with E-state index in [4.69, 9.17) is 10.2 Å². The Balaban J connectivity index is 1.53. The van der Waals surface area contributed by atoms with E-state index in [1.807, 2.05) is 0 Å². The number of hydrogen-bond donors (Lipinski definition) is 2. The maximum absolute atomic E-state index is 12.1. The fourth-order valence-corrected chi connectivity index (χ4v) is 2.97. The molecule has 0 radical (unpaired) electrons. The number of rotatable bonds is 5. The molecule has 0 fully saturated rings. The molecule has 1 unspecified atom stereocenters. The first-order valence-electron chi connectivity index (χ1n) is 8.04. The molecule has 2 heterocycles. The second-order valence-corrected chi connectivity index (χ2v) is 6.05. The summed E-state index contributed by atoms with van der Waals surface area (Å²) >= 11 is 0. The molecule has 0 aliphatic carbocycles. The van der Waals surface area contributed by atoms with Crippen molar-refractivity contribution in [2.24, 2.45) is 5.73 Å². The number of nitrogens with two attached hydrogens (primary N) is 1. The first-order chi connectivity index (χ1) is 11.2. The second kappa shape index (κ2) is 6.98. The molecule has 0 bridgehead atoms. The van der Waals surface area contributed by atoms with Crippen molar-refractivity contribution in [1.29, 1.82) is 0 Å². The van der Waals surface area contributed by atoms with Crippen LogP contribution in [-0.2, 0) is 19.5 Å². The molecule has 2 aromatic rings. The summed E-state index contributed by atoms with van der Waals surface area (Å²) in [6, 6.07) is 10.5. The van der Waals surface area contributed by atoms with E-state index in [2.05, 4.69) is 41.4 Å². The highest BCUT2D eigenvalue weighted by atomic mass is 16.3. The number of carbonyl (C=O) groups is 1. The maximum Gasteiger partial charge on any atom is 0.254 e. The van der Waals surface area contributed by atoms with Crippen LogP contribution in [0.3, 0.4) is 0 Å². The third-order valence-electron chi connectivity index (χ3n) is 4.46. The lowest BCUT2D eigenvalue weighted by atomic mass is 9.99. The normalized spacial score (nSPS) is 15.9. The Morgan fingerprint density at radius 2 is 2.17 bits per heavy atom. The maximum atomic E-state index is 12.1. The van der Waals surface area contributed by atoms with E-state index >= 15 is 0 Å². The number of hydrogen-bond acceptors (Lipinski definition) is 4. The van der Waals surface area contributed by atoms with Crippen molar-refractivity contribution in [3.05, 3.63) is 59.0 Å². The van der Waals surface area contributed by atoms with Crippen LogP contribution in [0, 0.1) is 0 Å². The largest absolute Gasteiger partial charge is 0.467 e. The van der Waals surface area contributed by atoms with E-state index in [0.717, 1.165) is 19.5 Å². The molecule has 1 atom stereocenters. The van der Waals surface area contributed by atoms with Gasteiger partial charge in [-0.25, -0.2) is 0 Å². The average Bonchev–Trinajstić information content (AvgIpc) is 3.08. The quantitative estimate of drug-likeness (QED) is 0.884. The van der Waals surface area contributed by atoms with Gasteiger partial charge in [0.1, 0.15) is 12.0 Å². The van der Waals surface area contributed by atoms with E-state index in [9.17, 15) is 4.79 Å². The topological polar surface area (TPSA) is 71.5 Å².